The fraction of sp³-hybridized carbons (Fsp3) is 0.118. The van der Waals surface area contributed by atoms with Crippen LogP contribution in [0.15, 0.2) is 60.8 Å². The van der Waals surface area contributed by atoms with E-state index in [1.54, 1.807) is 12.3 Å². The SMILES string of the molecule is O[C@@]1(c2cc3ccccc3cn2)COc2ccccc2O1. The number of para-hydroxylation sites is 2. The highest BCUT2D eigenvalue weighted by Gasteiger charge is 2.39. The van der Waals surface area contributed by atoms with Gasteiger partial charge < -0.3 is 14.6 Å². The molecule has 0 aliphatic carbocycles. The first-order chi connectivity index (χ1) is 10.2. The van der Waals surface area contributed by atoms with Gasteiger partial charge in [0.15, 0.2) is 18.1 Å². The van der Waals surface area contributed by atoms with Crippen molar-refractivity contribution in [2.75, 3.05) is 6.61 Å². The number of aromatic nitrogens is 1. The number of benzene rings is 2. The van der Waals surface area contributed by atoms with Gasteiger partial charge in [-0.3, -0.25) is 4.98 Å². The third-order valence-electron chi connectivity index (χ3n) is 3.58. The predicted molar refractivity (Wildman–Crippen MR) is 78.2 cm³/mol. The van der Waals surface area contributed by atoms with Gasteiger partial charge in [-0.1, -0.05) is 36.4 Å². The van der Waals surface area contributed by atoms with E-state index in [1.807, 2.05) is 48.5 Å². The zero-order valence-corrected chi connectivity index (χ0v) is 11.2. The first-order valence-electron chi connectivity index (χ1n) is 6.73. The molecule has 1 aromatic heterocycles. The molecule has 2 aromatic carbocycles. The maximum atomic E-state index is 10.7. The molecule has 0 amide bonds. The molecule has 104 valence electrons. The second-order valence-corrected chi connectivity index (χ2v) is 5.04. The largest absolute Gasteiger partial charge is 0.482 e. The lowest BCUT2D eigenvalue weighted by atomic mass is 10.1. The molecule has 0 unspecified atom stereocenters. The van der Waals surface area contributed by atoms with E-state index >= 15 is 0 Å². The fourth-order valence-corrected chi connectivity index (χ4v) is 2.46. The van der Waals surface area contributed by atoms with Gasteiger partial charge in [0, 0.05) is 11.6 Å². The van der Waals surface area contributed by atoms with Gasteiger partial charge in [0.2, 0.25) is 0 Å². The third-order valence-corrected chi connectivity index (χ3v) is 3.58. The van der Waals surface area contributed by atoms with Gasteiger partial charge in [0.1, 0.15) is 5.69 Å². The lowest BCUT2D eigenvalue weighted by molar-refractivity contribution is -0.185. The third kappa shape index (κ3) is 2.00. The molecular formula is C17H13NO3. The van der Waals surface area contributed by atoms with E-state index in [4.69, 9.17) is 9.47 Å². The van der Waals surface area contributed by atoms with E-state index < -0.39 is 5.79 Å². The molecule has 1 aliphatic heterocycles. The van der Waals surface area contributed by atoms with Gasteiger partial charge in [-0.15, -0.1) is 0 Å². The minimum absolute atomic E-state index is 0.00928. The van der Waals surface area contributed by atoms with Crippen LogP contribution in [0.2, 0.25) is 0 Å². The number of aliphatic hydroxyl groups is 1. The monoisotopic (exact) mass is 279 g/mol. The summed E-state index contributed by atoms with van der Waals surface area (Å²) in [6.07, 6.45) is 1.73. The van der Waals surface area contributed by atoms with E-state index in [-0.39, 0.29) is 6.61 Å². The van der Waals surface area contributed by atoms with Crippen LogP contribution < -0.4 is 9.47 Å². The Kier molecular flexibility index (Phi) is 2.59. The predicted octanol–water partition coefficient (Wildman–Crippen LogP) is 2.85. The molecule has 4 nitrogen and oxygen atoms in total. The normalized spacial score (nSPS) is 20.4. The van der Waals surface area contributed by atoms with E-state index in [0.717, 1.165) is 10.8 Å². The number of ether oxygens (including phenoxy) is 2. The van der Waals surface area contributed by atoms with Crippen LogP contribution in [0.5, 0.6) is 11.5 Å². The van der Waals surface area contributed by atoms with Crippen molar-refractivity contribution in [3.8, 4) is 11.5 Å². The van der Waals surface area contributed by atoms with Crippen molar-refractivity contribution in [2.24, 2.45) is 0 Å². The summed E-state index contributed by atoms with van der Waals surface area (Å²) in [4.78, 5) is 4.32. The van der Waals surface area contributed by atoms with E-state index in [9.17, 15) is 5.11 Å². The Morgan fingerprint density at radius 3 is 2.52 bits per heavy atom. The van der Waals surface area contributed by atoms with Crippen LogP contribution in [0.4, 0.5) is 0 Å². The number of hydrogen-bond donors (Lipinski definition) is 1. The molecule has 2 heterocycles. The average Bonchev–Trinajstić information content (AvgIpc) is 2.54. The van der Waals surface area contributed by atoms with Gasteiger partial charge in [-0.2, -0.15) is 0 Å². The maximum absolute atomic E-state index is 10.7. The summed E-state index contributed by atoms with van der Waals surface area (Å²) in [5.74, 6) is -0.428. The molecule has 0 spiro atoms. The van der Waals surface area contributed by atoms with E-state index in [0.29, 0.717) is 17.2 Å². The van der Waals surface area contributed by atoms with Crippen LogP contribution in [-0.2, 0) is 5.79 Å². The zero-order valence-electron chi connectivity index (χ0n) is 11.2. The Labute approximate surface area is 121 Å². The summed E-state index contributed by atoms with van der Waals surface area (Å²) < 4.78 is 11.3. The van der Waals surface area contributed by atoms with Crippen LogP contribution in [0.3, 0.4) is 0 Å². The second-order valence-electron chi connectivity index (χ2n) is 5.04. The molecule has 0 saturated heterocycles. The van der Waals surface area contributed by atoms with Crippen LogP contribution >= 0.6 is 0 Å². The van der Waals surface area contributed by atoms with Crippen molar-refractivity contribution in [3.63, 3.8) is 0 Å². The zero-order chi connectivity index (χ0) is 14.3. The number of rotatable bonds is 1. The van der Waals surface area contributed by atoms with Gasteiger partial charge >= 0.3 is 0 Å². The Bertz CT molecular complexity index is 818. The molecule has 0 fully saturated rings. The van der Waals surface area contributed by atoms with Crippen molar-refractivity contribution in [1.82, 2.24) is 4.98 Å². The number of hydrogen-bond acceptors (Lipinski definition) is 4. The molecule has 1 atom stereocenters. The summed E-state index contributed by atoms with van der Waals surface area (Å²) >= 11 is 0. The summed E-state index contributed by atoms with van der Waals surface area (Å²) in [5, 5.41) is 12.8. The Morgan fingerprint density at radius 2 is 1.67 bits per heavy atom. The van der Waals surface area contributed by atoms with Gasteiger partial charge in [0.25, 0.3) is 5.79 Å². The summed E-state index contributed by atoms with van der Waals surface area (Å²) in [6.45, 7) is 0.00928. The Morgan fingerprint density at radius 1 is 0.952 bits per heavy atom. The summed E-state index contributed by atoms with van der Waals surface area (Å²) in [5.41, 5.74) is 0.440. The number of fused-ring (bicyclic) bond motifs is 2. The average molecular weight is 279 g/mol. The summed E-state index contributed by atoms with van der Waals surface area (Å²) in [6, 6.07) is 16.9. The highest BCUT2D eigenvalue weighted by molar-refractivity contribution is 5.81. The van der Waals surface area contributed by atoms with Crippen LogP contribution in [0, 0.1) is 0 Å². The molecule has 0 bridgehead atoms. The Balaban J connectivity index is 1.77. The Hall–Kier alpha value is -2.59. The van der Waals surface area contributed by atoms with Gasteiger partial charge in [-0.25, -0.2) is 0 Å². The lowest BCUT2D eigenvalue weighted by Gasteiger charge is -2.33. The van der Waals surface area contributed by atoms with Crippen LogP contribution in [0.1, 0.15) is 5.69 Å². The molecule has 21 heavy (non-hydrogen) atoms. The van der Waals surface area contributed by atoms with Crippen molar-refractivity contribution in [2.45, 2.75) is 5.79 Å². The van der Waals surface area contributed by atoms with E-state index in [1.165, 1.54) is 0 Å². The standard InChI is InChI=1S/C17H13NO3/c19-17(11-20-14-7-3-4-8-15(14)21-17)16-9-12-5-1-2-6-13(12)10-18-16/h1-10,19H,11H2/t17-/m0/s1. The minimum atomic E-state index is -1.57. The smallest absolute Gasteiger partial charge is 0.286 e. The second kappa shape index (κ2) is 4.46. The van der Waals surface area contributed by atoms with Crippen molar-refractivity contribution < 1.29 is 14.6 Å². The molecule has 3 aromatic rings. The van der Waals surface area contributed by atoms with Crippen molar-refractivity contribution in [3.05, 3.63) is 66.5 Å². The molecule has 1 N–H and O–H groups in total. The topological polar surface area (TPSA) is 51.6 Å². The van der Waals surface area contributed by atoms with Gasteiger partial charge in [0.05, 0.1) is 0 Å². The molecule has 4 heteroatoms. The number of nitrogens with zero attached hydrogens (tertiary/aromatic N) is 1. The molecule has 0 saturated carbocycles. The van der Waals surface area contributed by atoms with Crippen molar-refractivity contribution in [1.29, 1.82) is 0 Å². The van der Waals surface area contributed by atoms with Crippen LogP contribution in [-0.4, -0.2) is 16.7 Å². The first kappa shape index (κ1) is 12.2. The minimum Gasteiger partial charge on any atom is -0.482 e. The van der Waals surface area contributed by atoms with Crippen molar-refractivity contribution >= 4 is 10.8 Å². The maximum Gasteiger partial charge on any atom is 0.286 e. The van der Waals surface area contributed by atoms with Gasteiger partial charge in [-0.05, 0) is 23.6 Å². The first-order valence-corrected chi connectivity index (χ1v) is 6.73. The summed E-state index contributed by atoms with van der Waals surface area (Å²) in [7, 11) is 0. The number of pyridine rings is 1. The fourth-order valence-electron chi connectivity index (χ4n) is 2.46. The molecule has 1 aliphatic rings. The highest BCUT2D eigenvalue weighted by atomic mass is 16.7. The quantitative estimate of drug-likeness (QED) is 0.744. The van der Waals surface area contributed by atoms with Crippen LogP contribution in [0.25, 0.3) is 10.8 Å². The lowest BCUT2D eigenvalue weighted by Crippen LogP contribution is -2.42. The van der Waals surface area contributed by atoms with E-state index in [2.05, 4.69) is 4.98 Å². The molecular weight excluding hydrogens is 266 g/mol. The molecule has 0 radical (unpaired) electrons. The highest BCUT2D eigenvalue weighted by Crippen LogP contribution is 2.37. The molecule has 4 rings (SSSR count).